The molecule has 188 valence electrons. The van der Waals surface area contributed by atoms with Crippen molar-refractivity contribution < 1.29 is 23.1 Å². The number of hydrogen-bond acceptors (Lipinski definition) is 6. The predicted molar refractivity (Wildman–Crippen MR) is 136 cm³/mol. The van der Waals surface area contributed by atoms with Crippen molar-refractivity contribution in [2.45, 2.75) is 19.8 Å². The Morgan fingerprint density at radius 2 is 1.89 bits per heavy atom. The summed E-state index contributed by atoms with van der Waals surface area (Å²) < 4.78 is 35.2. The Hall–Kier alpha value is -3.60. The predicted octanol–water partition coefficient (Wildman–Crippen LogP) is 5.18. The fraction of sp³-hybridized carbons (Fsp3) is 0.280. The first kappa shape index (κ1) is 25.5. The van der Waals surface area contributed by atoms with Crippen LogP contribution < -0.4 is 15.4 Å². The lowest BCUT2D eigenvalue weighted by atomic mass is 9.98. The molecule has 3 aromatic rings. The summed E-state index contributed by atoms with van der Waals surface area (Å²) in [6, 6.07) is 5.50. The molecule has 1 saturated heterocycles. The van der Waals surface area contributed by atoms with Crippen LogP contribution >= 0.6 is 15.9 Å². The second kappa shape index (κ2) is 11.0. The van der Waals surface area contributed by atoms with Gasteiger partial charge in [-0.3, -0.25) is 9.59 Å². The van der Waals surface area contributed by atoms with Crippen LogP contribution in [0, 0.1) is 17.6 Å². The lowest BCUT2D eigenvalue weighted by molar-refractivity contribution is -0.130. The summed E-state index contributed by atoms with van der Waals surface area (Å²) in [5.74, 6) is -1.22. The van der Waals surface area contributed by atoms with Gasteiger partial charge in [-0.2, -0.15) is 0 Å². The Balaban J connectivity index is 1.63. The van der Waals surface area contributed by atoms with Gasteiger partial charge in [-0.15, -0.1) is 0 Å². The number of rotatable bonds is 7. The molecule has 0 aliphatic carbocycles. The average Bonchev–Trinajstić information content (AvgIpc) is 2.85. The first-order chi connectivity index (χ1) is 17.2. The zero-order chi connectivity index (χ0) is 25.8. The second-order valence-electron chi connectivity index (χ2n) is 8.41. The SMILES string of the molecule is C=CC(=O)Nc1cc2c(Nc3c(F)cc(Br)cc3F)ncnc2cc1OCC1CCN(C(C)=O)CC1. The van der Waals surface area contributed by atoms with Gasteiger partial charge in [0.2, 0.25) is 11.8 Å². The Bertz CT molecular complexity index is 1310. The number of nitrogens with zero attached hydrogens (tertiary/aromatic N) is 3. The Kier molecular flexibility index (Phi) is 7.78. The third kappa shape index (κ3) is 5.78. The number of likely N-dealkylation sites (tertiary alicyclic amines) is 1. The monoisotopic (exact) mass is 559 g/mol. The lowest BCUT2D eigenvalue weighted by Gasteiger charge is -2.31. The lowest BCUT2D eigenvalue weighted by Crippen LogP contribution is -2.38. The molecule has 0 bridgehead atoms. The van der Waals surface area contributed by atoms with Crippen LogP contribution in [0.15, 0.2) is 47.7 Å². The molecule has 0 spiro atoms. The maximum Gasteiger partial charge on any atom is 0.247 e. The molecular formula is C25H24BrF2N5O3. The summed E-state index contributed by atoms with van der Waals surface area (Å²) in [7, 11) is 0. The van der Waals surface area contributed by atoms with E-state index in [0.29, 0.717) is 42.0 Å². The van der Waals surface area contributed by atoms with Crippen LogP contribution in [0.4, 0.5) is 26.0 Å². The molecule has 1 aliphatic heterocycles. The van der Waals surface area contributed by atoms with Crippen LogP contribution in [0.25, 0.3) is 10.9 Å². The minimum Gasteiger partial charge on any atom is -0.491 e. The number of carbonyl (C=O) groups is 2. The summed E-state index contributed by atoms with van der Waals surface area (Å²) in [4.78, 5) is 33.9. The normalized spacial score (nSPS) is 13.9. The number of hydrogen-bond donors (Lipinski definition) is 2. The van der Waals surface area contributed by atoms with Crippen molar-refractivity contribution in [3.63, 3.8) is 0 Å². The highest BCUT2D eigenvalue weighted by atomic mass is 79.9. The van der Waals surface area contributed by atoms with Crippen LogP contribution in [0.2, 0.25) is 0 Å². The molecule has 4 rings (SSSR count). The molecular weight excluding hydrogens is 536 g/mol. The quantitative estimate of drug-likeness (QED) is 0.387. The largest absolute Gasteiger partial charge is 0.491 e. The van der Waals surface area contributed by atoms with E-state index in [1.807, 2.05) is 4.90 Å². The van der Waals surface area contributed by atoms with E-state index in [0.717, 1.165) is 31.1 Å². The molecule has 8 nitrogen and oxygen atoms in total. The molecule has 1 aliphatic rings. The van der Waals surface area contributed by atoms with E-state index in [1.54, 1.807) is 19.1 Å². The molecule has 2 aromatic carbocycles. The molecule has 2 N–H and O–H groups in total. The van der Waals surface area contributed by atoms with E-state index < -0.39 is 17.5 Å². The van der Waals surface area contributed by atoms with Gasteiger partial charge in [-0.05, 0) is 43.0 Å². The zero-order valence-corrected chi connectivity index (χ0v) is 21.1. The molecule has 0 atom stereocenters. The summed E-state index contributed by atoms with van der Waals surface area (Å²) in [6.07, 6.45) is 4.01. The van der Waals surface area contributed by atoms with E-state index >= 15 is 0 Å². The standard InChI is InChI=1S/C25H24BrF2N5O3/c1-3-23(35)31-21-10-17-20(11-22(21)36-12-15-4-6-33(7-5-15)14(2)34)29-13-30-25(17)32-24-18(27)8-16(26)9-19(24)28/h3,8-11,13,15H,1,4-7,12H2,2H3,(H,31,35)(H,29,30,32). The number of aromatic nitrogens is 2. The highest BCUT2D eigenvalue weighted by Gasteiger charge is 2.22. The fourth-order valence-electron chi connectivity index (χ4n) is 3.99. The van der Waals surface area contributed by atoms with Crippen molar-refractivity contribution >= 4 is 55.8 Å². The Labute approximate surface area is 214 Å². The Morgan fingerprint density at radius 1 is 1.19 bits per heavy atom. The number of anilines is 3. The molecule has 1 fully saturated rings. The maximum atomic E-state index is 14.4. The number of amides is 2. The highest BCUT2D eigenvalue weighted by molar-refractivity contribution is 9.10. The minimum absolute atomic E-state index is 0.0605. The number of fused-ring (bicyclic) bond motifs is 1. The number of piperidine rings is 1. The number of benzene rings is 2. The van der Waals surface area contributed by atoms with Crippen LogP contribution in [-0.2, 0) is 9.59 Å². The van der Waals surface area contributed by atoms with E-state index in [2.05, 4.69) is 43.1 Å². The molecule has 0 saturated carbocycles. The van der Waals surface area contributed by atoms with Crippen molar-refractivity contribution in [2.24, 2.45) is 5.92 Å². The van der Waals surface area contributed by atoms with Crippen molar-refractivity contribution in [3.05, 3.63) is 59.4 Å². The minimum atomic E-state index is -0.801. The van der Waals surface area contributed by atoms with Crippen molar-refractivity contribution in [2.75, 3.05) is 30.3 Å². The molecule has 2 amide bonds. The van der Waals surface area contributed by atoms with Crippen LogP contribution in [0.5, 0.6) is 5.75 Å². The first-order valence-electron chi connectivity index (χ1n) is 11.3. The van der Waals surface area contributed by atoms with Gasteiger partial charge in [0.25, 0.3) is 0 Å². The molecule has 1 aromatic heterocycles. The van der Waals surface area contributed by atoms with Gasteiger partial charge < -0.3 is 20.3 Å². The number of carbonyl (C=O) groups excluding carboxylic acids is 2. The van der Waals surface area contributed by atoms with Gasteiger partial charge in [-0.1, -0.05) is 22.5 Å². The molecule has 0 radical (unpaired) electrons. The zero-order valence-electron chi connectivity index (χ0n) is 19.5. The van der Waals surface area contributed by atoms with Gasteiger partial charge in [0.05, 0.1) is 17.8 Å². The first-order valence-corrected chi connectivity index (χ1v) is 12.1. The molecule has 11 heteroatoms. The summed E-state index contributed by atoms with van der Waals surface area (Å²) >= 11 is 3.06. The molecule has 0 unspecified atom stereocenters. The number of ether oxygens (including phenoxy) is 1. The third-order valence-corrected chi connectivity index (χ3v) is 6.42. The van der Waals surface area contributed by atoms with Gasteiger partial charge in [-0.25, -0.2) is 18.7 Å². The number of halogens is 3. The number of nitrogens with one attached hydrogen (secondary N) is 2. The Morgan fingerprint density at radius 3 is 2.53 bits per heavy atom. The smallest absolute Gasteiger partial charge is 0.247 e. The summed E-state index contributed by atoms with van der Waals surface area (Å²) in [5, 5.41) is 5.82. The van der Waals surface area contributed by atoms with E-state index in [1.165, 1.54) is 6.33 Å². The fourth-order valence-corrected chi connectivity index (χ4v) is 4.39. The van der Waals surface area contributed by atoms with Crippen molar-refractivity contribution in [1.29, 1.82) is 0 Å². The summed E-state index contributed by atoms with van der Waals surface area (Å²) in [5.41, 5.74) is 0.415. The molecule has 2 heterocycles. The van der Waals surface area contributed by atoms with Gasteiger partial charge >= 0.3 is 0 Å². The van der Waals surface area contributed by atoms with Crippen molar-refractivity contribution in [1.82, 2.24) is 14.9 Å². The van der Waals surface area contributed by atoms with Gasteiger partial charge in [0, 0.05) is 35.9 Å². The maximum absolute atomic E-state index is 14.4. The molecule has 36 heavy (non-hydrogen) atoms. The van der Waals surface area contributed by atoms with Crippen LogP contribution in [0.3, 0.4) is 0 Å². The van der Waals surface area contributed by atoms with E-state index in [-0.39, 0.29) is 27.8 Å². The third-order valence-electron chi connectivity index (χ3n) is 5.96. The van der Waals surface area contributed by atoms with Crippen LogP contribution in [0.1, 0.15) is 19.8 Å². The summed E-state index contributed by atoms with van der Waals surface area (Å²) in [6.45, 7) is 6.78. The van der Waals surface area contributed by atoms with E-state index in [9.17, 15) is 18.4 Å². The van der Waals surface area contributed by atoms with Gasteiger partial charge in [0.15, 0.2) is 11.6 Å². The topological polar surface area (TPSA) is 96.4 Å². The van der Waals surface area contributed by atoms with E-state index in [4.69, 9.17) is 4.74 Å². The van der Waals surface area contributed by atoms with Gasteiger partial charge in [0.1, 0.15) is 23.6 Å². The highest BCUT2D eigenvalue weighted by Crippen LogP contribution is 2.35. The second-order valence-corrected chi connectivity index (χ2v) is 9.33. The van der Waals surface area contributed by atoms with Crippen LogP contribution in [-0.4, -0.2) is 46.4 Å². The van der Waals surface area contributed by atoms with Crippen molar-refractivity contribution in [3.8, 4) is 5.75 Å². The average molecular weight is 560 g/mol.